The maximum absolute atomic E-state index is 12.6. The van der Waals surface area contributed by atoms with Crippen molar-refractivity contribution in [3.8, 4) is 0 Å². The van der Waals surface area contributed by atoms with Crippen LogP contribution in [0.2, 0.25) is 0 Å². The second kappa shape index (κ2) is 7.12. The number of hydrogen-bond donors (Lipinski definition) is 2. The first-order chi connectivity index (χ1) is 10.5. The van der Waals surface area contributed by atoms with Crippen molar-refractivity contribution in [1.82, 2.24) is 5.32 Å². The molecule has 1 atom stereocenters. The summed E-state index contributed by atoms with van der Waals surface area (Å²) >= 11 is 0. The minimum Gasteiger partial charge on any atom is -0.448 e. The van der Waals surface area contributed by atoms with E-state index >= 15 is 0 Å². The van der Waals surface area contributed by atoms with Crippen LogP contribution in [0.25, 0.3) is 0 Å². The highest BCUT2D eigenvalue weighted by Gasteiger charge is 2.32. The van der Waals surface area contributed by atoms with E-state index in [1.807, 2.05) is 0 Å². The smallest absolute Gasteiger partial charge is 0.416 e. The number of carbonyl (C=O) groups excluding carboxylic acids is 3. The molecule has 23 heavy (non-hydrogen) atoms. The van der Waals surface area contributed by atoms with Crippen LogP contribution in [-0.2, 0) is 15.7 Å². The van der Waals surface area contributed by atoms with Crippen LogP contribution in [0.3, 0.4) is 0 Å². The zero-order valence-electron chi connectivity index (χ0n) is 12.3. The Morgan fingerprint density at radius 2 is 1.83 bits per heavy atom. The lowest BCUT2D eigenvalue weighted by Gasteiger charge is -2.20. The molecule has 0 aliphatic rings. The Morgan fingerprint density at radius 1 is 1.22 bits per heavy atom. The fourth-order valence-corrected chi connectivity index (χ4v) is 1.69. The summed E-state index contributed by atoms with van der Waals surface area (Å²) in [5.74, 6) is -2.59. The van der Waals surface area contributed by atoms with Crippen LogP contribution in [0.4, 0.5) is 18.0 Å². The van der Waals surface area contributed by atoms with Gasteiger partial charge in [-0.1, -0.05) is 19.9 Å². The zero-order chi connectivity index (χ0) is 17.8. The fourth-order valence-electron chi connectivity index (χ4n) is 1.69. The third kappa shape index (κ3) is 5.28. The molecule has 1 aromatic rings. The maximum Gasteiger partial charge on any atom is 0.416 e. The van der Waals surface area contributed by atoms with Gasteiger partial charge in [-0.15, -0.1) is 0 Å². The average Bonchev–Trinajstić information content (AvgIpc) is 2.42. The Bertz CT molecular complexity index is 614. The predicted octanol–water partition coefficient (Wildman–Crippen LogP) is 2.08. The molecule has 0 unspecified atom stereocenters. The molecule has 0 heterocycles. The number of imide groups is 1. The highest BCUT2D eigenvalue weighted by atomic mass is 19.4. The summed E-state index contributed by atoms with van der Waals surface area (Å²) in [4.78, 5) is 34.3. The van der Waals surface area contributed by atoms with E-state index in [4.69, 9.17) is 10.5 Å². The number of nitrogens with two attached hydrogens (primary N) is 1. The second-order valence-corrected chi connectivity index (χ2v) is 5.00. The third-order valence-corrected chi connectivity index (χ3v) is 2.77. The van der Waals surface area contributed by atoms with Crippen molar-refractivity contribution in [2.45, 2.75) is 26.1 Å². The van der Waals surface area contributed by atoms with Crippen LogP contribution in [0.15, 0.2) is 24.3 Å². The van der Waals surface area contributed by atoms with Gasteiger partial charge in [0.1, 0.15) is 0 Å². The first-order valence-electron chi connectivity index (χ1n) is 6.51. The van der Waals surface area contributed by atoms with Crippen LogP contribution in [0, 0.1) is 5.92 Å². The number of urea groups is 1. The van der Waals surface area contributed by atoms with E-state index in [0.717, 1.165) is 18.2 Å². The summed E-state index contributed by atoms with van der Waals surface area (Å²) in [5, 5.41) is 1.76. The molecule has 3 amide bonds. The molecule has 0 aliphatic heterocycles. The highest BCUT2D eigenvalue weighted by molar-refractivity contribution is 5.98. The molecule has 0 spiro atoms. The van der Waals surface area contributed by atoms with E-state index in [-0.39, 0.29) is 5.56 Å². The lowest BCUT2D eigenvalue weighted by molar-refractivity contribution is -0.137. The van der Waals surface area contributed by atoms with Crippen molar-refractivity contribution in [1.29, 1.82) is 0 Å². The Kier molecular flexibility index (Phi) is 5.72. The number of rotatable bonds is 4. The Balaban J connectivity index is 2.96. The van der Waals surface area contributed by atoms with E-state index < -0.39 is 41.7 Å². The fraction of sp³-hybridized carbons (Fsp3) is 0.357. The summed E-state index contributed by atoms with van der Waals surface area (Å²) in [6, 6.07) is 2.46. The third-order valence-electron chi connectivity index (χ3n) is 2.77. The summed E-state index contributed by atoms with van der Waals surface area (Å²) < 4.78 is 42.8. The van der Waals surface area contributed by atoms with Crippen molar-refractivity contribution in [3.05, 3.63) is 35.4 Å². The van der Waals surface area contributed by atoms with E-state index in [9.17, 15) is 27.6 Å². The molecule has 3 N–H and O–H groups in total. The number of ether oxygens (including phenoxy) is 1. The number of alkyl halides is 3. The Morgan fingerprint density at radius 3 is 2.30 bits per heavy atom. The standard InChI is InChI=1S/C14H15F3N2O4/c1-7(2)10(11(20)19-13(18)22)23-12(21)8-4-3-5-9(6-8)14(15,16)17/h3-7,10H,1-2H3,(H3,18,19,20,22)/t10-/m0/s1. The van der Waals surface area contributed by atoms with Gasteiger partial charge in [-0.25, -0.2) is 9.59 Å². The number of halogens is 3. The Hall–Kier alpha value is -2.58. The van der Waals surface area contributed by atoms with E-state index in [1.165, 1.54) is 13.8 Å². The van der Waals surface area contributed by atoms with Crippen LogP contribution in [-0.4, -0.2) is 24.0 Å². The second-order valence-electron chi connectivity index (χ2n) is 5.00. The van der Waals surface area contributed by atoms with Crippen molar-refractivity contribution >= 4 is 17.9 Å². The van der Waals surface area contributed by atoms with E-state index in [2.05, 4.69) is 0 Å². The van der Waals surface area contributed by atoms with Crippen molar-refractivity contribution in [3.63, 3.8) is 0 Å². The van der Waals surface area contributed by atoms with Gasteiger partial charge >= 0.3 is 18.2 Å². The molecule has 0 radical (unpaired) electrons. The van der Waals surface area contributed by atoms with Gasteiger partial charge in [0.2, 0.25) is 0 Å². The van der Waals surface area contributed by atoms with E-state index in [0.29, 0.717) is 6.07 Å². The normalized spacial score (nSPS) is 12.6. The van der Waals surface area contributed by atoms with Crippen molar-refractivity contribution in [2.75, 3.05) is 0 Å². The van der Waals surface area contributed by atoms with Gasteiger partial charge in [0.05, 0.1) is 11.1 Å². The highest BCUT2D eigenvalue weighted by Crippen LogP contribution is 2.29. The van der Waals surface area contributed by atoms with Gasteiger partial charge in [-0.05, 0) is 24.1 Å². The molecular formula is C14H15F3N2O4. The van der Waals surface area contributed by atoms with Gasteiger partial charge < -0.3 is 10.5 Å². The van der Waals surface area contributed by atoms with Crippen LogP contribution < -0.4 is 11.1 Å². The number of esters is 1. The van der Waals surface area contributed by atoms with Crippen LogP contribution >= 0.6 is 0 Å². The zero-order valence-corrected chi connectivity index (χ0v) is 12.3. The maximum atomic E-state index is 12.6. The largest absolute Gasteiger partial charge is 0.448 e. The topological polar surface area (TPSA) is 98.5 Å². The van der Waals surface area contributed by atoms with Crippen LogP contribution in [0.5, 0.6) is 0 Å². The quantitative estimate of drug-likeness (QED) is 0.825. The SMILES string of the molecule is CC(C)[C@H](OC(=O)c1cccc(C(F)(F)F)c1)C(=O)NC(N)=O. The number of hydrogen-bond acceptors (Lipinski definition) is 4. The molecule has 0 saturated heterocycles. The molecule has 1 rings (SSSR count). The lowest BCUT2D eigenvalue weighted by Crippen LogP contribution is -2.45. The van der Waals surface area contributed by atoms with Gasteiger partial charge in [-0.3, -0.25) is 10.1 Å². The number of amides is 3. The molecule has 0 aromatic heterocycles. The summed E-state index contributed by atoms with van der Waals surface area (Å²) in [6.45, 7) is 3.06. The van der Waals surface area contributed by atoms with Gasteiger partial charge in [-0.2, -0.15) is 13.2 Å². The van der Waals surface area contributed by atoms with Crippen molar-refractivity contribution < 1.29 is 32.3 Å². The van der Waals surface area contributed by atoms with Gasteiger partial charge in [0.25, 0.3) is 5.91 Å². The minimum absolute atomic E-state index is 0.364. The molecule has 0 aliphatic carbocycles. The average molecular weight is 332 g/mol. The molecular weight excluding hydrogens is 317 g/mol. The molecule has 0 saturated carbocycles. The molecule has 0 bridgehead atoms. The van der Waals surface area contributed by atoms with Gasteiger partial charge in [0, 0.05) is 0 Å². The minimum atomic E-state index is -4.61. The molecule has 9 heteroatoms. The van der Waals surface area contributed by atoms with E-state index in [1.54, 1.807) is 5.32 Å². The molecule has 6 nitrogen and oxygen atoms in total. The first-order valence-corrected chi connectivity index (χ1v) is 6.51. The molecule has 0 fully saturated rings. The number of nitrogens with one attached hydrogen (secondary N) is 1. The molecule has 126 valence electrons. The number of benzene rings is 1. The first kappa shape index (κ1) is 18.5. The monoisotopic (exact) mass is 332 g/mol. The summed E-state index contributed by atoms with van der Waals surface area (Å²) in [6.07, 6.45) is -5.98. The summed E-state index contributed by atoms with van der Waals surface area (Å²) in [5.41, 5.74) is 3.42. The van der Waals surface area contributed by atoms with Crippen molar-refractivity contribution in [2.24, 2.45) is 11.7 Å². The lowest BCUT2D eigenvalue weighted by atomic mass is 10.1. The van der Waals surface area contributed by atoms with Crippen LogP contribution in [0.1, 0.15) is 29.8 Å². The molecule has 1 aromatic carbocycles. The Labute approximate surface area is 129 Å². The predicted molar refractivity (Wildman–Crippen MR) is 73.2 cm³/mol. The number of carbonyl (C=O) groups is 3. The number of primary amides is 1. The van der Waals surface area contributed by atoms with Gasteiger partial charge in [0.15, 0.2) is 6.10 Å². The summed E-state index contributed by atoms with van der Waals surface area (Å²) in [7, 11) is 0.